The highest BCUT2D eigenvalue weighted by atomic mass is 16.7. The number of imide groups is 1. The van der Waals surface area contributed by atoms with Gasteiger partial charge in [0.25, 0.3) is 5.91 Å². The second-order valence-electron chi connectivity index (χ2n) is 7.25. The Hall–Kier alpha value is -3.64. The molecule has 2 fully saturated rings. The van der Waals surface area contributed by atoms with E-state index in [9.17, 15) is 9.59 Å². The van der Waals surface area contributed by atoms with Gasteiger partial charge in [0, 0.05) is 0 Å². The van der Waals surface area contributed by atoms with Crippen LogP contribution in [0.3, 0.4) is 0 Å². The maximum atomic E-state index is 13.6. The molecule has 0 saturated carbocycles. The van der Waals surface area contributed by atoms with Crippen molar-refractivity contribution in [1.82, 2.24) is 0 Å². The molecule has 0 bridgehead atoms. The Morgan fingerprint density at radius 3 is 2.13 bits per heavy atom. The molecule has 0 aliphatic carbocycles. The number of anilines is 2. The standard InChI is InChI=1S/C24H20N2O4/c1-29-19-15-9-8-14-18(19)25-23(27)20-21(16-10-4-2-5-11-16)26(30-22(20)24(25)28)17-12-6-3-7-13-17/h2-15,20-22H,1H3/t20-,21+,22-/m1/s1. The molecule has 0 aromatic heterocycles. The van der Waals surface area contributed by atoms with E-state index >= 15 is 0 Å². The number of hydrogen-bond acceptors (Lipinski definition) is 5. The number of carbonyl (C=O) groups excluding carboxylic acids is 2. The van der Waals surface area contributed by atoms with Gasteiger partial charge in [-0.2, -0.15) is 0 Å². The maximum Gasteiger partial charge on any atom is 0.266 e. The van der Waals surface area contributed by atoms with Gasteiger partial charge >= 0.3 is 0 Å². The van der Waals surface area contributed by atoms with Crippen molar-refractivity contribution < 1.29 is 19.2 Å². The van der Waals surface area contributed by atoms with Crippen LogP contribution in [0.5, 0.6) is 5.75 Å². The highest BCUT2D eigenvalue weighted by Crippen LogP contribution is 2.48. The summed E-state index contributed by atoms with van der Waals surface area (Å²) in [6.07, 6.45) is -0.896. The Bertz CT molecular complexity index is 1090. The zero-order valence-electron chi connectivity index (χ0n) is 16.3. The maximum absolute atomic E-state index is 13.6. The number of methoxy groups -OCH3 is 1. The van der Waals surface area contributed by atoms with Crippen molar-refractivity contribution in [3.63, 3.8) is 0 Å². The lowest BCUT2D eigenvalue weighted by Gasteiger charge is -2.29. The minimum atomic E-state index is -0.896. The number of hydrogen-bond donors (Lipinski definition) is 0. The fourth-order valence-electron chi connectivity index (χ4n) is 4.25. The summed E-state index contributed by atoms with van der Waals surface area (Å²) in [4.78, 5) is 34.2. The molecule has 5 rings (SSSR count). The van der Waals surface area contributed by atoms with E-state index in [1.165, 1.54) is 12.0 Å². The van der Waals surface area contributed by atoms with Crippen LogP contribution in [0.25, 0.3) is 0 Å². The van der Waals surface area contributed by atoms with Gasteiger partial charge in [0.1, 0.15) is 11.7 Å². The number of para-hydroxylation sites is 3. The van der Waals surface area contributed by atoms with E-state index in [0.29, 0.717) is 11.4 Å². The summed E-state index contributed by atoms with van der Waals surface area (Å²) in [6.45, 7) is 0. The van der Waals surface area contributed by atoms with E-state index in [0.717, 1.165) is 11.3 Å². The van der Waals surface area contributed by atoms with Crippen molar-refractivity contribution in [3.8, 4) is 5.75 Å². The van der Waals surface area contributed by atoms with E-state index in [1.54, 1.807) is 29.3 Å². The van der Waals surface area contributed by atoms with Crippen LogP contribution in [0, 0.1) is 5.92 Å². The van der Waals surface area contributed by atoms with Crippen LogP contribution >= 0.6 is 0 Å². The lowest BCUT2D eigenvalue weighted by atomic mass is 9.90. The third kappa shape index (κ3) is 2.76. The molecule has 3 aromatic carbocycles. The fourth-order valence-corrected chi connectivity index (χ4v) is 4.25. The van der Waals surface area contributed by atoms with Gasteiger partial charge in [-0.05, 0) is 29.8 Å². The normalized spacial score (nSPS) is 23.0. The number of benzene rings is 3. The van der Waals surface area contributed by atoms with Crippen molar-refractivity contribution in [2.75, 3.05) is 17.1 Å². The second-order valence-corrected chi connectivity index (χ2v) is 7.25. The Kier molecular flexibility index (Phi) is 4.48. The second kappa shape index (κ2) is 7.31. The summed E-state index contributed by atoms with van der Waals surface area (Å²) in [5.74, 6) is -0.865. The van der Waals surface area contributed by atoms with Crippen LogP contribution in [0.2, 0.25) is 0 Å². The number of rotatable bonds is 4. The minimum absolute atomic E-state index is 0.290. The SMILES string of the molecule is COc1ccccc1N1C(=O)[C@H]2[C@@H](ON(c3ccccc3)[C@H]2c2ccccc2)C1=O. The number of nitrogens with zero attached hydrogens (tertiary/aromatic N) is 2. The molecule has 0 N–H and O–H groups in total. The summed E-state index contributed by atoms with van der Waals surface area (Å²) < 4.78 is 5.38. The molecule has 2 aliphatic rings. The van der Waals surface area contributed by atoms with E-state index in [-0.39, 0.29) is 11.8 Å². The molecule has 2 saturated heterocycles. The molecule has 3 atom stereocenters. The fraction of sp³-hybridized carbons (Fsp3) is 0.167. The zero-order valence-corrected chi connectivity index (χ0v) is 16.3. The topological polar surface area (TPSA) is 59.1 Å². The van der Waals surface area contributed by atoms with Crippen LogP contribution < -0.4 is 14.7 Å². The Morgan fingerprint density at radius 2 is 1.43 bits per heavy atom. The van der Waals surface area contributed by atoms with Crippen LogP contribution in [-0.4, -0.2) is 25.0 Å². The van der Waals surface area contributed by atoms with E-state index in [1.807, 2.05) is 60.7 Å². The molecule has 6 heteroatoms. The molecular weight excluding hydrogens is 380 g/mol. The van der Waals surface area contributed by atoms with Crippen LogP contribution in [0.15, 0.2) is 84.9 Å². The van der Waals surface area contributed by atoms with Crippen LogP contribution in [0.1, 0.15) is 11.6 Å². The predicted octanol–water partition coefficient (Wildman–Crippen LogP) is 3.75. The van der Waals surface area contributed by atoms with Gasteiger partial charge in [0.15, 0.2) is 6.10 Å². The van der Waals surface area contributed by atoms with Gasteiger partial charge in [-0.15, -0.1) is 0 Å². The number of ether oxygens (including phenoxy) is 1. The number of hydroxylamine groups is 1. The first kappa shape index (κ1) is 18.4. The van der Waals surface area contributed by atoms with E-state index < -0.39 is 18.1 Å². The summed E-state index contributed by atoms with van der Waals surface area (Å²) in [5.41, 5.74) is 2.15. The summed E-state index contributed by atoms with van der Waals surface area (Å²) >= 11 is 0. The van der Waals surface area contributed by atoms with Crippen molar-refractivity contribution in [1.29, 1.82) is 0 Å². The third-order valence-corrected chi connectivity index (χ3v) is 5.59. The molecule has 2 aliphatic heterocycles. The number of amides is 2. The van der Waals surface area contributed by atoms with Crippen LogP contribution in [-0.2, 0) is 14.4 Å². The van der Waals surface area contributed by atoms with Gasteiger partial charge in [-0.1, -0.05) is 60.7 Å². The van der Waals surface area contributed by atoms with Gasteiger partial charge in [0.2, 0.25) is 5.91 Å². The molecule has 3 aromatic rings. The first-order valence-electron chi connectivity index (χ1n) is 9.77. The van der Waals surface area contributed by atoms with Gasteiger partial charge in [-0.25, -0.2) is 9.96 Å². The monoisotopic (exact) mass is 400 g/mol. The average Bonchev–Trinajstić information content (AvgIpc) is 3.31. The molecule has 30 heavy (non-hydrogen) atoms. The van der Waals surface area contributed by atoms with E-state index in [4.69, 9.17) is 9.57 Å². The van der Waals surface area contributed by atoms with Crippen molar-refractivity contribution in [2.24, 2.45) is 5.92 Å². The number of fused-ring (bicyclic) bond motifs is 1. The molecule has 2 amide bonds. The van der Waals surface area contributed by atoms with Gasteiger partial charge in [-0.3, -0.25) is 14.4 Å². The molecule has 6 nitrogen and oxygen atoms in total. The average molecular weight is 400 g/mol. The molecule has 0 radical (unpaired) electrons. The van der Waals surface area contributed by atoms with Crippen LogP contribution in [0.4, 0.5) is 11.4 Å². The predicted molar refractivity (Wildman–Crippen MR) is 112 cm³/mol. The van der Waals surface area contributed by atoms with Crippen molar-refractivity contribution in [2.45, 2.75) is 12.1 Å². The lowest BCUT2D eigenvalue weighted by Crippen LogP contribution is -2.37. The molecular formula is C24H20N2O4. The molecule has 150 valence electrons. The Balaban J connectivity index is 1.59. The Morgan fingerprint density at radius 1 is 0.800 bits per heavy atom. The highest BCUT2D eigenvalue weighted by molar-refractivity contribution is 6.24. The summed E-state index contributed by atoms with van der Waals surface area (Å²) in [7, 11) is 1.52. The van der Waals surface area contributed by atoms with Crippen molar-refractivity contribution >= 4 is 23.2 Å². The first-order valence-corrected chi connectivity index (χ1v) is 9.77. The number of carbonyl (C=O) groups is 2. The lowest BCUT2D eigenvalue weighted by molar-refractivity contribution is -0.126. The Labute approximate surface area is 174 Å². The van der Waals surface area contributed by atoms with E-state index in [2.05, 4.69) is 0 Å². The van der Waals surface area contributed by atoms with Crippen molar-refractivity contribution in [3.05, 3.63) is 90.5 Å². The van der Waals surface area contributed by atoms with Gasteiger partial charge < -0.3 is 4.74 Å². The summed E-state index contributed by atoms with van der Waals surface area (Å²) in [6, 6.07) is 25.8. The molecule has 2 heterocycles. The summed E-state index contributed by atoms with van der Waals surface area (Å²) in [5, 5.41) is 1.69. The third-order valence-electron chi connectivity index (χ3n) is 5.59. The zero-order chi connectivity index (χ0) is 20.7. The molecule has 0 unspecified atom stereocenters. The minimum Gasteiger partial charge on any atom is -0.495 e. The quantitative estimate of drug-likeness (QED) is 0.625. The highest BCUT2D eigenvalue weighted by Gasteiger charge is 2.60. The molecule has 0 spiro atoms. The van der Waals surface area contributed by atoms with Gasteiger partial charge in [0.05, 0.1) is 24.5 Å². The smallest absolute Gasteiger partial charge is 0.266 e. The largest absolute Gasteiger partial charge is 0.495 e. The first-order chi connectivity index (χ1) is 14.7.